The fourth-order valence-electron chi connectivity index (χ4n) is 0.997. The van der Waals surface area contributed by atoms with Crippen molar-refractivity contribution < 1.29 is 14.3 Å². The Balaban J connectivity index is 4.70. The van der Waals surface area contributed by atoms with E-state index in [4.69, 9.17) is 0 Å². The van der Waals surface area contributed by atoms with Crippen molar-refractivity contribution in [1.29, 1.82) is 0 Å². The van der Waals surface area contributed by atoms with Crippen LogP contribution in [0.5, 0.6) is 0 Å². The number of methoxy groups -OCH3 is 1. The molecule has 0 aromatic heterocycles. The predicted molar refractivity (Wildman–Crippen MR) is 79.9 cm³/mol. The quantitative estimate of drug-likeness (QED) is 0.441. The Kier molecular flexibility index (Phi) is 8.70. The maximum absolute atomic E-state index is 11.6. The summed E-state index contributed by atoms with van der Waals surface area (Å²) in [4.78, 5) is 24.9. The maximum Gasteiger partial charge on any atom is 0.330 e. The molecule has 0 unspecified atom stereocenters. The van der Waals surface area contributed by atoms with Gasteiger partial charge in [-0.05, 0) is 23.8 Å². The van der Waals surface area contributed by atoms with E-state index in [1.54, 1.807) is 32.3 Å². The summed E-state index contributed by atoms with van der Waals surface area (Å²) in [6, 6.07) is 0. The fourth-order valence-corrected chi connectivity index (χ4v) is 1.87. The van der Waals surface area contributed by atoms with Crippen molar-refractivity contribution >= 4 is 23.0 Å². The molecule has 0 atom stereocenters. The number of rotatable bonds is 5. The van der Waals surface area contributed by atoms with Crippen molar-refractivity contribution in [3.63, 3.8) is 0 Å². The molecular formula is C14H21NO3S. The second-order valence-electron chi connectivity index (χ2n) is 4.32. The number of amides is 1. The van der Waals surface area contributed by atoms with Crippen LogP contribution in [0.2, 0.25) is 0 Å². The molecule has 0 aromatic rings. The van der Waals surface area contributed by atoms with Gasteiger partial charge in [-0.2, -0.15) is 0 Å². The minimum absolute atomic E-state index is 0.0338. The first-order valence-electron chi connectivity index (χ1n) is 5.90. The summed E-state index contributed by atoms with van der Waals surface area (Å²) in [6.45, 7) is 4.08. The third-order valence-corrected chi connectivity index (χ3v) is 2.92. The summed E-state index contributed by atoms with van der Waals surface area (Å²) in [7, 11) is 4.75. The number of allylic oxidation sites excluding steroid dienone is 4. The summed E-state index contributed by atoms with van der Waals surface area (Å²) in [5.74, 6) is -0.0669. The first-order chi connectivity index (χ1) is 8.86. The third kappa shape index (κ3) is 9.13. The summed E-state index contributed by atoms with van der Waals surface area (Å²) < 4.78 is 4.48. The molecule has 4 nitrogen and oxygen atoms in total. The molecule has 0 saturated carbocycles. The maximum atomic E-state index is 11.6. The second-order valence-corrected chi connectivity index (χ2v) is 5.34. The van der Waals surface area contributed by atoms with Crippen molar-refractivity contribution in [2.24, 2.45) is 5.92 Å². The molecule has 1 amide bonds. The zero-order valence-electron chi connectivity index (χ0n) is 12.0. The lowest BCUT2D eigenvalue weighted by Gasteiger charge is -2.10. The first kappa shape index (κ1) is 17.5. The van der Waals surface area contributed by atoms with Crippen LogP contribution in [0.1, 0.15) is 13.8 Å². The molecule has 106 valence electrons. The van der Waals surface area contributed by atoms with Crippen LogP contribution >= 0.6 is 11.8 Å². The van der Waals surface area contributed by atoms with Crippen LogP contribution in [-0.4, -0.2) is 37.3 Å². The van der Waals surface area contributed by atoms with Crippen LogP contribution in [0.15, 0.2) is 35.3 Å². The summed E-state index contributed by atoms with van der Waals surface area (Å²) >= 11 is 1.16. The van der Waals surface area contributed by atoms with Gasteiger partial charge >= 0.3 is 5.97 Å². The lowest BCUT2D eigenvalue weighted by atomic mass is 10.2. The van der Waals surface area contributed by atoms with Gasteiger partial charge in [0.25, 0.3) is 5.24 Å². The minimum Gasteiger partial charge on any atom is -0.466 e. The normalized spacial score (nSPS) is 12.4. The average Bonchev–Trinajstić information content (AvgIpc) is 2.32. The van der Waals surface area contributed by atoms with Crippen molar-refractivity contribution in [2.75, 3.05) is 21.2 Å². The highest BCUT2D eigenvalue weighted by Crippen LogP contribution is 2.22. The van der Waals surface area contributed by atoms with Gasteiger partial charge in [-0.1, -0.05) is 32.1 Å². The fraction of sp³-hybridized carbons (Fsp3) is 0.429. The van der Waals surface area contributed by atoms with Crippen LogP contribution in [-0.2, 0) is 9.53 Å². The standard InChI is InChI=1S/C14H21NO3S/c1-11(2)10-12(19-14(17)15(3)4)8-6-7-9-13(16)18-5/h6-11H,1-5H3/b8-6-,9-7-,12-10+. The summed E-state index contributed by atoms with van der Waals surface area (Å²) in [5, 5.41) is -0.0338. The van der Waals surface area contributed by atoms with Crippen LogP contribution < -0.4 is 0 Å². The van der Waals surface area contributed by atoms with E-state index < -0.39 is 5.97 Å². The van der Waals surface area contributed by atoms with E-state index in [1.807, 2.05) is 19.9 Å². The van der Waals surface area contributed by atoms with Gasteiger partial charge < -0.3 is 9.64 Å². The molecule has 0 saturated heterocycles. The van der Waals surface area contributed by atoms with Crippen molar-refractivity contribution in [3.8, 4) is 0 Å². The largest absolute Gasteiger partial charge is 0.466 e. The van der Waals surface area contributed by atoms with Gasteiger partial charge in [-0.3, -0.25) is 4.79 Å². The number of hydrogen-bond acceptors (Lipinski definition) is 4. The van der Waals surface area contributed by atoms with Gasteiger partial charge in [0.15, 0.2) is 0 Å². The number of ether oxygens (including phenoxy) is 1. The molecule has 0 aromatic carbocycles. The van der Waals surface area contributed by atoms with Crippen molar-refractivity contribution in [2.45, 2.75) is 13.8 Å². The average molecular weight is 283 g/mol. The van der Waals surface area contributed by atoms with E-state index in [0.29, 0.717) is 5.92 Å². The lowest BCUT2D eigenvalue weighted by Crippen LogP contribution is -2.16. The Hall–Kier alpha value is -1.49. The summed E-state index contributed by atoms with van der Waals surface area (Å²) in [6.07, 6.45) is 8.41. The number of hydrogen-bond donors (Lipinski definition) is 0. The molecule has 0 rings (SSSR count). The molecule has 0 spiro atoms. The van der Waals surface area contributed by atoms with Gasteiger partial charge in [0.1, 0.15) is 0 Å². The molecule has 0 aliphatic heterocycles. The predicted octanol–water partition coefficient (Wildman–Crippen LogP) is 3.23. The summed E-state index contributed by atoms with van der Waals surface area (Å²) in [5.41, 5.74) is 0. The van der Waals surface area contributed by atoms with Crippen molar-refractivity contribution in [1.82, 2.24) is 4.90 Å². The smallest absolute Gasteiger partial charge is 0.330 e. The molecule has 0 N–H and O–H groups in total. The highest BCUT2D eigenvalue weighted by molar-refractivity contribution is 8.17. The zero-order valence-corrected chi connectivity index (χ0v) is 12.9. The number of thioether (sulfide) groups is 1. The molecule has 0 radical (unpaired) electrons. The van der Waals surface area contributed by atoms with Crippen LogP contribution in [0.25, 0.3) is 0 Å². The van der Waals surface area contributed by atoms with Gasteiger partial charge in [0, 0.05) is 25.1 Å². The van der Waals surface area contributed by atoms with E-state index in [9.17, 15) is 9.59 Å². The monoisotopic (exact) mass is 283 g/mol. The molecule has 19 heavy (non-hydrogen) atoms. The second kappa shape index (κ2) is 9.44. The number of carbonyl (C=O) groups is 2. The Bertz CT molecular complexity index is 395. The van der Waals surface area contributed by atoms with Gasteiger partial charge in [0.05, 0.1) is 7.11 Å². The van der Waals surface area contributed by atoms with E-state index in [1.165, 1.54) is 18.1 Å². The number of carbonyl (C=O) groups excluding carboxylic acids is 2. The zero-order chi connectivity index (χ0) is 14.8. The van der Waals surface area contributed by atoms with E-state index in [2.05, 4.69) is 4.74 Å². The Labute approximate surface area is 119 Å². The molecule has 0 aliphatic rings. The van der Waals surface area contributed by atoms with E-state index in [-0.39, 0.29) is 5.24 Å². The topological polar surface area (TPSA) is 46.6 Å². The van der Waals surface area contributed by atoms with Gasteiger partial charge in [-0.15, -0.1) is 0 Å². The molecule has 0 bridgehead atoms. The van der Waals surface area contributed by atoms with E-state index in [0.717, 1.165) is 16.7 Å². The first-order valence-corrected chi connectivity index (χ1v) is 6.72. The number of esters is 1. The molecule has 0 fully saturated rings. The van der Waals surface area contributed by atoms with Crippen LogP contribution in [0.4, 0.5) is 4.79 Å². The Morgan fingerprint density at radius 1 is 1.16 bits per heavy atom. The van der Waals surface area contributed by atoms with Crippen LogP contribution in [0.3, 0.4) is 0 Å². The van der Waals surface area contributed by atoms with Crippen LogP contribution in [0, 0.1) is 5.92 Å². The van der Waals surface area contributed by atoms with Gasteiger partial charge in [-0.25, -0.2) is 4.79 Å². The Morgan fingerprint density at radius 2 is 1.74 bits per heavy atom. The third-order valence-electron chi connectivity index (χ3n) is 1.87. The lowest BCUT2D eigenvalue weighted by molar-refractivity contribution is -0.134. The Morgan fingerprint density at radius 3 is 2.21 bits per heavy atom. The molecule has 0 aliphatic carbocycles. The minimum atomic E-state index is -0.406. The SMILES string of the molecule is COC(=O)\C=C/C=C\C(=C/C(C)C)SC(=O)N(C)C. The van der Waals surface area contributed by atoms with Gasteiger partial charge in [0.2, 0.25) is 0 Å². The molecular weight excluding hydrogens is 262 g/mol. The van der Waals surface area contributed by atoms with E-state index >= 15 is 0 Å². The molecule has 5 heteroatoms. The molecule has 0 heterocycles. The highest BCUT2D eigenvalue weighted by atomic mass is 32.2. The number of nitrogens with zero attached hydrogens (tertiary/aromatic N) is 1. The van der Waals surface area contributed by atoms with Crippen molar-refractivity contribution in [3.05, 3.63) is 35.3 Å². The highest BCUT2D eigenvalue weighted by Gasteiger charge is 2.07.